The van der Waals surface area contributed by atoms with Crippen molar-refractivity contribution in [2.75, 3.05) is 11.9 Å². The summed E-state index contributed by atoms with van der Waals surface area (Å²) in [5.41, 5.74) is -0.703. The van der Waals surface area contributed by atoms with E-state index in [4.69, 9.17) is 0 Å². The smallest absolute Gasteiger partial charge is 0.331 e. The first-order chi connectivity index (χ1) is 12.8. The van der Waals surface area contributed by atoms with Gasteiger partial charge < -0.3 is 10.1 Å². The SMILES string of the molecule is O=C(COC(=O)C=Cc1ccccc1[N+](=O)[O-])Nc1ccc(F)c(F)c1F. The maximum absolute atomic E-state index is 13.4. The van der Waals surface area contributed by atoms with Crippen LogP contribution in [-0.2, 0) is 14.3 Å². The Bertz CT molecular complexity index is 931. The molecule has 0 aliphatic rings. The third-order valence-electron chi connectivity index (χ3n) is 3.19. The molecule has 0 aliphatic carbocycles. The standard InChI is InChI=1S/C17H11F3N2O5/c18-11-6-7-12(17(20)16(11)19)21-14(23)9-27-15(24)8-5-10-3-1-2-4-13(10)22(25)26/h1-8H,9H2,(H,21,23). The van der Waals surface area contributed by atoms with Gasteiger partial charge in [0.05, 0.1) is 16.2 Å². The summed E-state index contributed by atoms with van der Waals surface area (Å²) in [7, 11) is 0. The average Bonchev–Trinajstić information content (AvgIpc) is 2.65. The zero-order chi connectivity index (χ0) is 20.0. The number of nitro groups is 1. The molecule has 7 nitrogen and oxygen atoms in total. The van der Waals surface area contributed by atoms with E-state index in [2.05, 4.69) is 4.74 Å². The third kappa shape index (κ3) is 5.14. The first-order valence-electron chi connectivity index (χ1n) is 7.31. The van der Waals surface area contributed by atoms with E-state index in [1.54, 1.807) is 0 Å². The van der Waals surface area contributed by atoms with E-state index in [0.717, 1.165) is 18.2 Å². The number of halogens is 3. The number of amides is 1. The highest BCUT2D eigenvalue weighted by molar-refractivity contribution is 5.94. The molecular weight excluding hydrogens is 369 g/mol. The van der Waals surface area contributed by atoms with Crippen LogP contribution in [0.15, 0.2) is 42.5 Å². The van der Waals surface area contributed by atoms with Gasteiger partial charge in [-0.2, -0.15) is 0 Å². The molecule has 0 atom stereocenters. The monoisotopic (exact) mass is 380 g/mol. The van der Waals surface area contributed by atoms with Gasteiger partial charge >= 0.3 is 5.97 Å². The predicted molar refractivity (Wildman–Crippen MR) is 88.0 cm³/mol. The summed E-state index contributed by atoms with van der Waals surface area (Å²) in [4.78, 5) is 33.4. The highest BCUT2D eigenvalue weighted by Gasteiger charge is 2.16. The van der Waals surface area contributed by atoms with Crippen molar-refractivity contribution >= 4 is 29.3 Å². The molecule has 0 unspecified atom stereocenters. The van der Waals surface area contributed by atoms with Crippen molar-refractivity contribution in [1.29, 1.82) is 0 Å². The number of para-hydroxylation sites is 1. The molecule has 27 heavy (non-hydrogen) atoms. The van der Waals surface area contributed by atoms with E-state index in [1.807, 2.05) is 5.32 Å². The molecule has 1 amide bonds. The molecule has 10 heteroatoms. The van der Waals surface area contributed by atoms with Gasteiger partial charge in [0.2, 0.25) is 0 Å². The van der Waals surface area contributed by atoms with Gasteiger partial charge in [0, 0.05) is 12.1 Å². The second-order valence-corrected chi connectivity index (χ2v) is 5.03. The Kier molecular flexibility index (Phi) is 6.26. The summed E-state index contributed by atoms with van der Waals surface area (Å²) in [5.74, 6) is -6.75. The first kappa shape index (κ1) is 19.6. The van der Waals surface area contributed by atoms with Gasteiger partial charge in [-0.05, 0) is 24.3 Å². The van der Waals surface area contributed by atoms with E-state index in [-0.39, 0.29) is 11.3 Å². The van der Waals surface area contributed by atoms with Crippen molar-refractivity contribution in [3.8, 4) is 0 Å². The van der Waals surface area contributed by atoms with Crippen molar-refractivity contribution in [2.45, 2.75) is 0 Å². The zero-order valence-corrected chi connectivity index (χ0v) is 13.4. The average molecular weight is 380 g/mol. The number of hydrogen-bond donors (Lipinski definition) is 1. The number of anilines is 1. The number of nitrogens with one attached hydrogen (secondary N) is 1. The summed E-state index contributed by atoms with van der Waals surface area (Å²) in [5, 5.41) is 12.8. The van der Waals surface area contributed by atoms with E-state index in [1.165, 1.54) is 24.3 Å². The molecule has 0 aliphatic heterocycles. The fraction of sp³-hybridized carbons (Fsp3) is 0.0588. The molecule has 1 N–H and O–H groups in total. The van der Waals surface area contributed by atoms with Crippen molar-refractivity contribution in [3.63, 3.8) is 0 Å². The van der Waals surface area contributed by atoms with Crippen LogP contribution in [0.25, 0.3) is 6.08 Å². The molecule has 2 aromatic carbocycles. The van der Waals surface area contributed by atoms with Gasteiger partial charge in [-0.25, -0.2) is 18.0 Å². The molecule has 0 bridgehead atoms. The van der Waals surface area contributed by atoms with Gasteiger partial charge in [-0.1, -0.05) is 12.1 Å². The van der Waals surface area contributed by atoms with Crippen LogP contribution < -0.4 is 5.32 Å². The normalized spacial score (nSPS) is 10.6. The van der Waals surface area contributed by atoms with Gasteiger partial charge in [-0.15, -0.1) is 0 Å². The number of ether oxygens (including phenoxy) is 1. The topological polar surface area (TPSA) is 98.5 Å². The Hall–Kier alpha value is -3.69. The Labute approximate surface area is 150 Å². The lowest BCUT2D eigenvalue weighted by Crippen LogP contribution is -2.21. The Morgan fingerprint density at radius 3 is 2.52 bits per heavy atom. The maximum atomic E-state index is 13.4. The summed E-state index contributed by atoms with van der Waals surface area (Å²) < 4.78 is 43.9. The van der Waals surface area contributed by atoms with Crippen LogP contribution in [0.3, 0.4) is 0 Å². The maximum Gasteiger partial charge on any atom is 0.331 e. The highest BCUT2D eigenvalue weighted by atomic mass is 19.2. The first-order valence-corrected chi connectivity index (χ1v) is 7.31. The minimum atomic E-state index is -1.75. The molecule has 0 saturated carbocycles. The van der Waals surface area contributed by atoms with Crippen molar-refractivity contribution in [1.82, 2.24) is 0 Å². The van der Waals surface area contributed by atoms with Crippen LogP contribution in [0.2, 0.25) is 0 Å². The van der Waals surface area contributed by atoms with Gasteiger partial charge in [0.25, 0.3) is 11.6 Å². The van der Waals surface area contributed by atoms with Gasteiger partial charge in [0.1, 0.15) is 0 Å². The number of rotatable bonds is 6. The minimum Gasteiger partial charge on any atom is -0.452 e. The van der Waals surface area contributed by atoms with E-state index in [0.29, 0.717) is 6.07 Å². The van der Waals surface area contributed by atoms with Crippen LogP contribution in [-0.4, -0.2) is 23.4 Å². The molecule has 140 valence electrons. The molecule has 0 aromatic heterocycles. The van der Waals surface area contributed by atoms with E-state index in [9.17, 15) is 32.9 Å². The third-order valence-corrected chi connectivity index (χ3v) is 3.19. The Morgan fingerprint density at radius 1 is 1.11 bits per heavy atom. The van der Waals surface area contributed by atoms with Crippen LogP contribution in [0, 0.1) is 27.6 Å². The molecule has 0 fully saturated rings. The highest BCUT2D eigenvalue weighted by Crippen LogP contribution is 2.20. The summed E-state index contributed by atoms with van der Waals surface area (Å²) >= 11 is 0. The summed E-state index contributed by atoms with van der Waals surface area (Å²) in [6.45, 7) is -0.835. The second-order valence-electron chi connectivity index (χ2n) is 5.03. The van der Waals surface area contributed by atoms with E-state index >= 15 is 0 Å². The Morgan fingerprint density at radius 2 is 1.81 bits per heavy atom. The Balaban J connectivity index is 1.93. The van der Waals surface area contributed by atoms with Crippen LogP contribution in [0.1, 0.15) is 5.56 Å². The largest absolute Gasteiger partial charge is 0.452 e. The summed E-state index contributed by atoms with van der Waals surface area (Å²) in [6, 6.07) is 7.06. The number of hydrogen-bond acceptors (Lipinski definition) is 5. The molecule has 2 rings (SSSR count). The quantitative estimate of drug-likeness (QED) is 0.273. The van der Waals surface area contributed by atoms with Gasteiger partial charge in [0.15, 0.2) is 24.1 Å². The van der Waals surface area contributed by atoms with Crippen molar-refractivity contribution < 1.29 is 32.4 Å². The molecule has 0 heterocycles. The number of nitro benzene ring substituents is 1. The fourth-order valence-electron chi connectivity index (χ4n) is 1.95. The van der Waals surface area contributed by atoms with Crippen LogP contribution in [0.5, 0.6) is 0 Å². The minimum absolute atomic E-state index is 0.146. The number of esters is 1. The lowest BCUT2D eigenvalue weighted by molar-refractivity contribution is -0.385. The molecular formula is C17H11F3N2O5. The lowest BCUT2D eigenvalue weighted by Gasteiger charge is -2.07. The van der Waals surface area contributed by atoms with Crippen LogP contribution in [0.4, 0.5) is 24.5 Å². The van der Waals surface area contributed by atoms with Crippen LogP contribution >= 0.6 is 0 Å². The fourth-order valence-corrected chi connectivity index (χ4v) is 1.95. The summed E-state index contributed by atoms with van der Waals surface area (Å²) in [6.07, 6.45) is 2.00. The number of nitrogens with zero attached hydrogens (tertiary/aromatic N) is 1. The molecule has 0 spiro atoms. The lowest BCUT2D eigenvalue weighted by atomic mass is 10.1. The van der Waals surface area contributed by atoms with E-state index < -0.39 is 46.5 Å². The van der Waals surface area contributed by atoms with Crippen molar-refractivity contribution in [2.24, 2.45) is 0 Å². The number of carbonyl (C=O) groups is 2. The van der Waals surface area contributed by atoms with Gasteiger partial charge in [-0.3, -0.25) is 14.9 Å². The molecule has 2 aromatic rings. The number of carbonyl (C=O) groups excluding carboxylic acids is 2. The van der Waals surface area contributed by atoms with Crippen molar-refractivity contribution in [3.05, 3.63) is 75.6 Å². The predicted octanol–water partition coefficient (Wildman–Crippen LogP) is 3.21. The zero-order valence-electron chi connectivity index (χ0n) is 13.4. The second kappa shape index (κ2) is 8.61. The molecule has 0 radical (unpaired) electrons. The molecule has 0 saturated heterocycles. The number of benzene rings is 2.